The van der Waals surface area contributed by atoms with Crippen LogP contribution < -0.4 is 15.4 Å². The third kappa shape index (κ3) is 3.94. The van der Waals surface area contributed by atoms with Crippen LogP contribution in [0.3, 0.4) is 0 Å². The van der Waals surface area contributed by atoms with Crippen LogP contribution in [0.2, 0.25) is 0 Å². The summed E-state index contributed by atoms with van der Waals surface area (Å²) in [4.78, 5) is 14.1. The van der Waals surface area contributed by atoms with Gasteiger partial charge in [-0.25, -0.2) is 0 Å². The first-order chi connectivity index (χ1) is 9.21. The van der Waals surface area contributed by atoms with E-state index in [4.69, 9.17) is 4.74 Å². The fourth-order valence-corrected chi connectivity index (χ4v) is 2.29. The van der Waals surface area contributed by atoms with Gasteiger partial charge in [-0.3, -0.25) is 9.69 Å². The standard InChI is InChI=1S/C14H21N3O2/c1-15-12-7-8-17(9-12)10-14(18)16-11-3-5-13(19-2)6-4-11/h3-6,12,15H,7-10H2,1-2H3,(H,16,18). The number of nitrogens with zero attached hydrogens (tertiary/aromatic N) is 1. The minimum Gasteiger partial charge on any atom is -0.497 e. The highest BCUT2D eigenvalue weighted by molar-refractivity contribution is 5.92. The number of hydrogen-bond acceptors (Lipinski definition) is 4. The van der Waals surface area contributed by atoms with Crippen LogP contribution in [0.15, 0.2) is 24.3 Å². The summed E-state index contributed by atoms with van der Waals surface area (Å²) < 4.78 is 5.08. The molecule has 1 unspecified atom stereocenters. The summed E-state index contributed by atoms with van der Waals surface area (Å²) in [6.45, 7) is 2.36. The van der Waals surface area contributed by atoms with E-state index < -0.39 is 0 Å². The van der Waals surface area contributed by atoms with Crippen LogP contribution in [0, 0.1) is 0 Å². The molecule has 1 aliphatic rings. The summed E-state index contributed by atoms with van der Waals surface area (Å²) in [5.74, 6) is 0.816. The predicted molar refractivity (Wildman–Crippen MR) is 75.5 cm³/mol. The maximum Gasteiger partial charge on any atom is 0.238 e. The Kier molecular flexibility index (Phi) is 4.76. The number of anilines is 1. The van der Waals surface area contributed by atoms with E-state index in [0.717, 1.165) is 30.9 Å². The van der Waals surface area contributed by atoms with Crippen molar-refractivity contribution in [2.24, 2.45) is 0 Å². The summed E-state index contributed by atoms with van der Waals surface area (Å²) >= 11 is 0. The van der Waals surface area contributed by atoms with E-state index in [1.54, 1.807) is 7.11 Å². The monoisotopic (exact) mass is 263 g/mol. The number of benzene rings is 1. The molecule has 1 heterocycles. The molecule has 2 N–H and O–H groups in total. The fraction of sp³-hybridized carbons (Fsp3) is 0.500. The Morgan fingerprint density at radius 2 is 2.16 bits per heavy atom. The molecule has 1 saturated heterocycles. The molecule has 0 aromatic heterocycles. The van der Waals surface area contributed by atoms with Crippen LogP contribution in [-0.4, -0.2) is 50.6 Å². The first-order valence-corrected chi connectivity index (χ1v) is 6.55. The van der Waals surface area contributed by atoms with Crippen molar-refractivity contribution in [1.29, 1.82) is 0 Å². The number of rotatable bonds is 5. The Bertz CT molecular complexity index is 419. The largest absolute Gasteiger partial charge is 0.497 e. The molecule has 5 nitrogen and oxygen atoms in total. The highest BCUT2D eigenvalue weighted by atomic mass is 16.5. The van der Waals surface area contributed by atoms with Crippen molar-refractivity contribution < 1.29 is 9.53 Å². The lowest BCUT2D eigenvalue weighted by molar-refractivity contribution is -0.117. The third-order valence-corrected chi connectivity index (χ3v) is 3.42. The Hall–Kier alpha value is -1.59. The third-order valence-electron chi connectivity index (χ3n) is 3.42. The summed E-state index contributed by atoms with van der Waals surface area (Å²) in [6, 6.07) is 7.87. The van der Waals surface area contributed by atoms with E-state index in [-0.39, 0.29) is 5.91 Å². The first-order valence-electron chi connectivity index (χ1n) is 6.55. The Morgan fingerprint density at radius 3 is 2.74 bits per heavy atom. The van der Waals surface area contributed by atoms with E-state index in [9.17, 15) is 4.79 Å². The van der Waals surface area contributed by atoms with Gasteiger partial charge in [-0.2, -0.15) is 0 Å². The van der Waals surface area contributed by atoms with Crippen molar-refractivity contribution >= 4 is 11.6 Å². The summed E-state index contributed by atoms with van der Waals surface area (Å²) in [5.41, 5.74) is 0.801. The van der Waals surface area contributed by atoms with E-state index >= 15 is 0 Å². The van der Waals surface area contributed by atoms with Gasteiger partial charge in [0.1, 0.15) is 5.75 Å². The lowest BCUT2D eigenvalue weighted by atomic mass is 10.3. The van der Waals surface area contributed by atoms with Crippen molar-refractivity contribution in [3.8, 4) is 5.75 Å². The lowest BCUT2D eigenvalue weighted by Crippen LogP contribution is -2.34. The number of nitrogens with one attached hydrogen (secondary N) is 2. The molecule has 1 atom stereocenters. The Labute approximate surface area is 113 Å². The molecular weight excluding hydrogens is 242 g/mol. The van der Waals surface area contributed by atoms with Crippen LogP contribution in [0.4, 0.5) is 5.69 Å². The number of likely N-dealkylation sites (N-methyl/N-ethyl adjacent to an activating group) is 1. The van der Waals surface area contributed by atoms with Gasteiger partial charge >= 0.3 is 0 Å². The average molecular weight is 263 g/mol. The topological polar surface area (TPSA) is 53.6 Å². The van der Waals surface area contributed by atoms with Crippen LogP contribution >= 0.6 is 0 Å². The Morgan fingerprint density at radius 1 is 1.42 bits per heavy atom. The van der Waals surface area contributed by atoms with Crippen LogP contribution in [-0.2, 0) is 4.79 Å². The molecule has 0 radical (unpaired) electrons. The number of hydrogen-bond donors (Lipinski definition) is 2. The van der Waals surface area contributed by atoms with Crippen molar-refractivity contribution in [1.82, 2.24) is 10.2 Å². The molecule has 2 rings (SSSR count). The molecule has 5 heteroatoms. The van der Waals surface area contributed by atoms with Crippen LogP contribution in [0.25, 0.3) is 0 Å². The maximum absolute atomic E-state index is 11.9. The zero-order valence-corrected chi connectivity index (χ0v) is 11.5. The normalized spacial score (nSPS) is 19.4. The second-order valence-corrected chi connectivity index (χ2v) is 4.79. The predicted octanol–water partition coefficient (Wildman–Crippen LogP) is 0.927. The van der Waals surface area contributed by atoms with Gasteiger partial charge in [0.05, 0.1) is 13.7 Å². The van der Waals surface area contributed by atoms with E-state index in [0.29, 0.717) is 12.6 Å². The second kappa shape index (κ2) is 6.54. The number of carbonyl (C=O) groups excluding carboxylic acids is 1. The quantitative estimate of drug-likeness (QED) is 0.830. The summed E-state index contributed by atoms with van der Waals surface area (Å²) in [5, 5.41) is 6.14. The van der Waals surface area contributed by atoms with Gasteiger partial charge in [-0.05, 0) is 37.7 Å². The zero-order chi connectivity index (χ0) is 13.7. The fourth-order valence-electron chi connectivity index (χ4n) is 2.29. The van der Waals surface area contributed by atoms with Crippen LogP contribution in [0.1, 0.15) is 6.42 Å². The number of amides is 1. The van der Waals surface area contributed by atoms with E-state index in [1.807, 2.05) is 31.3 Å². The van der Waals surface area contributed by atoms with Gasteiger partial charge in [-0.1, -0.05) is 0 Å². The van der Waals surface area contributed by atoms with Crippen LogP contribution in [0.5, 0.6) is 5.75 Å². The minimum atomic E-state index is 0.0296. The molecule has 104 valence electrons. The van der Waals surface area contributed by atoms with Crippen molar-refractivity contribution in [3.05, 3.63) is 24.3 Å². The molecule has 1 aliphatic heterocycles. The molecule has 1 fully saturated rings. The van der Waals surface area contributed by atoms with Gasteiger partial charge in [-0.15, -0.1) is 0 Å². The summed E-state index contributed by atoms with van der Waals surface area (Å²) in [7, 11) is 3.59. The van der Waals surface area contributed by atoms with Crippen molar-refractivity contribution in [2.75, 3.05) is 39.1 Å². The molecule has 0 saturated carbocycles. The zero-order valence-electron chi connectivity index (χ0n) is 11.5. The molecule has 1 aromatic carbocycles. The van der Waals surface area contributed by atoms with Gasteiger partial charge in [0, 0.05) is 24.8 Å². The van der Waals surface area contributed by atoms with E-state index in [1.165, 1.54) is 0 Å². The van der Waals surface area contributed by atoms with E-state index in [2.05, 4.69) is 15.5 Å². The molecule has 0 spiro atoms. The molecule has 1 amide bonds. The second-order valence-electron chi connectivity index (χ2n) is 4.79. The summed E-state index contributed by atoms with van der Waals surface area (Å²) in [6.07, 6.45) is 1.10. The van der Waals surface area contributed by atoms with Gasteiger partial charge in [0.15, 0.2) is 0 Å². The highest BCUT2D eigenvalue weighted by Gasteiger charge is 2.22. The maximum atomic E-state index is 11.9. The molecule has 19 heavy (non-hydrogen) atoms. The molecule has 1 aromatic rings. The van der Waals surface area contributed by atoms with Crippen molar-refractivity contribution in [2.45, 2.75) is 12.5 Å². The smallest absolute Gasteiger partial charge is 0.238 e. The van der Waals surface area contributed by atoms with Gasteiger partial charge in [0.2, 0.25) is 5.91 Å². The average Bonchev–Trinajstić information content (AvgIpc) is 2.87. The molecule has 0 aliphatic carbocycles. The number of ether oxygens (including phenoxy) is 1. The first kappa shape index (κ1) is 13.8. The number of methoxy groups -OCH3 is 1. The van der Waals surface area contributed by atoms with Gasteiger partial charge < -0.3 is 15.4 Å². The lowest BCUT2D eigenvalue weighted by Gasteiger charge is -2.15. The highest BCUT2D eigenvalue weighted by Crippen LogP contribution is 2.15. The minimum absolute atomic E-state index is 0.0296. The Balaban J connectivity index is 1.80. The number of carbonyl (C=O) groups is 1. The van der Waals surface area contributed by atoms with Gasteiger partial charge in [0.25, 0.3) is 0 Å². The molecule has 0 bridgehead atoms. The van der Waals surface area contributed by atoms with Crippen molar-refractivity contribution in [3.63, 3.8) is 0 Å². The molecular formula is C14H21N3O2. The SMILES string of the molecule is CNC1CCN(CC(=O)Nc2ccc(OC)cc2)C1. The number of likely N-dealkylation sites (tertiary alicyclic amines) is 1.